The van der Waals surface area contributed by atoms with Gasteiger partial charge in [-0.3, -0.25) is 0 Å². The van der Waals surface area contributed by atoms with Crippen LogP contribution in [0.15, 0.2) is 24.3 Å². The van der Waals surface area contributed by atoms with Crippen molar-refractivity contribution >= 4 is 11.6 Å². The Hall–Kier alpha value is -0.530. The molecule has 0 bridgehead atoms. The highest BCUT2D eigenvalue weighted by Gasteiger charge is 2.20. The quantitative estimate of drug-likeness (QED) is 0.822. The van der Waals surface area contributed by atoms with Gasteiger partial charge in [0, 0.05) is 11.1 Å². The number of halogens is 1. The maximum absolute atomic E-state index is 6.18. The third kappa shape index (κ3) is 4.33. The molecule has 0 aliphatic carbocycles. The summed E-state index contributed by atoms with van der Waals surface area (Å²) < 4.78 is 0. The van der Waals surface area contributed by atoms with Crippen LogP contribution in [-0.2, 0) is 0 Å². The van der Waals surface area contributed by atoms with Gasteiger partial charge in [-0.05, 0) is 36.4 Å². The predicted molar refractivity (Wildman–Crippen MR) is 76.5 cm³/mol. The highest BCUT2D eigenvalue weighted by molar-refractivity contribution is 6.31. The summed E-state index contributed by atoms with van der Waals surface area (Å²) in [5, 5.41) is 4.41. The van der Waals surface area contributed by atoms with Crippen molar-refractivity contribution < 1.29 is 0 Å². The molecule has 96 valence electrons. The standard InChI is InChI=1S/C15H24ClN/c1-11(15(3,4)5)10-17-12(2)13-8-6-7-9-14(13)16/h6-9,11-12,17H,10H2,1-5H3/t11?,12-/m1/s1. The minimum atomic E-state index is 0.300. The molecule has 0 amide bonds. The van der Waals surface area contributed by atoms with Gasteiger partial charge in [-0.25, -0.2) is 0 Å². The second-order valence-electron chi connectivity index (χ2n) is 5.92. The van der Waals surface area contributed by atoms with Crippen molar-refractivity contribution in [1.29, 1.82) is 0 Å². The Morgan fingerprint density at radius 1 is 1.18 bits per heavy atom. The second kappa shape index (κ2) is 5.88. The van der Waals surface area contributed by atoms with Crippen LogP contribution in [0, 0.1) is 11.3 Å². The van der Waals surface area contributed by atoms with Crippen LogP contribution in [0.5, 0.6) is 0 Å². The second-order valence-corrected chi connectivity index (χ2v) is 6.33. The zero-order valence-corrected chi connectivity index (χ0v) is 12.3. The molecule has 0 saturated carbocycles. The molecule has 0 spiro atoms. The third-order valence-electron chi connectivity index (χ3n) is 3.58. The Morgan fingerprint density at radius 2 is 1.76 bits per heavy atom. The lowest BCUT2D eigenvalue weighted by molar-refractivity contribution is 0.247. The SMILES string of the molecule is CC(CN[C@H](C)c1ccccc1Cl)C(C)(C)C. The average Bonchev–Trinajstić information content (AvgIpc) is 2.24. The van der Waals surface area contributed by atoms with Gasteiger partial charge in [0.05, 0.1) is 0 Å². The fourth-order valence-corrected chi connectivity index (χ4v) is 1.90. The van der Waals surface area contributed by atoms with E-state index in [0.29, 0.717) is 17.4 Å². The maximum atomic E-state index is 6.18. The summed E-state index contributed by atoms with van der Waals surface area (Å²) in [6, 6.07) is 8.33. The van der Waals surface area contributed by atoms with Crippen LogP contribution in [0.3, 0.4) is 0 Å². The third-order valence-corrected chi connectivity index (χ3v) is 3.92. The predicted octanol–water partition coefficient (Wildman–Crippen LogP) is 4.67. The molecule has 17 heavy (non-hydrogen) atoms. The molecule has 1 aromatic rings. The summed E-state index contributed by atoms with van der Waals surface area (Å²) >= 11 is 6.18. The molecule has 0 aliphatic rings. The fraction of sp³-hybridized carbons (Fsp3) is 0.600. The van der Waals surface area contributed by atoms with Crippen LogP contribution in [-0.4, -0.2) is 6.54 Å². The average molecular weight is 254 g/mol. The zero-order chi connectivity index (χ0) is 13.1. The fourth-order valence-electron chi connectivity index (χ4n) is 1.60. The number of benzene rings is 1. The monoisotopic (exact) mass is 253 g/mol. The van der Waals surface area contributed by atoms with E-state index in [1.54, 1.807) is 0 Å². The molecule has 0 saturated heterocycles. The van der Waals surface area contributed by atoms with E-state index >= 15 is 0 Å². The minimum Gasteiger partial charge on any atom is -0.310 e. The largest absolute Gasteiger partial charge is 0.310 e. The Bertz CT molecular complexity index is 354. The minimum absolute atomic E-state index is 0.300. The summed E-state index contributed by atoms with van der Waals surface area (Å²) in [5.41, 5.74) is 1.52. The Kier molecular flexibility index (Phi) is 5.03. The van der Waals surface area contributed by atoms with Crippen molar-refractivity contribution in [2.75, 3.05) is 6.54 Å². The first-order valence-corrected chi connectivity index (χ1v) is 6.68. The summed E-state index contributed by atoms with van der Waals surface area (Å²) in [6.07, 6.45) is 0. The van der Waals surface area contributed by atoms with Crippen molar-refractivity contribution in [2.45, 2.75) is 40.7 Å². The lowest BCUT2D eigenvalue weighted by atomic mass is 9.82. The van der Waals surface area contributed by atoms with E-state index < -0.39 is 0 Å². The van der Waals surface area contributed by atoms with Gasteiger partial charge in [0.25, 0.3) is 0 Å². The van der Waals surface area contributed by atoms with Crippen molar-refractivity contribution in [3.63, 3.8) is 0 Å². The number of nitrogens with one attached hydrogen (secondary N) is 1. The van der Waals surface area contributed by atoms with Gasteiger partial charge in [0.2, 0.25) is 0 Å². The van der Waals surface area contributed by atoms with E-state index in [4.69, 9.17) is 11.6 Å². The van der Waals surface area contributed by atoms with E-state index in [-0.39, 0.29) is 0 Å². The topological polar surface area (TPSA) is 12.0 Å². The smallest absolute Gasteiger partial charge is 0.0453 e. The lowest BCUT2D eigenvalue weighted by Gasteiger charge is -2.29. The molecule has 0 fully saturated rings. The molecule has 0 radical (unpaired) electrons. The summed E-state index contributed by atoms with van der Waals surface area (Å²) in [4.78, 5) is 0. The van der Waals surface area contributed by atoms with E-state index in [9.17, 15) is 0 Å². The first-order valence-electron chi connectivity index (χ1n) is 6.30. The van der Waals surface area contributed by atoms with Crippen molar-refractivity contribution in [1.82, 2.24) is 5.32 Å². The van der Waals surface area contributed by atoms with Gasteiger partial charge in [-0.2, -0.15) is 0 Å². The van der Waals surface area contributed by atoms with Crippen LogP contribution >= 0.6 is 11.6 Å². The van der Waals surface area contributed by atoms with Crippen LogP contribution < -0.4 is 5.32 Å². The number of hydrogen-bond acceptors (Lipinski definition) is 1. The Morgan fingerprint density at radius 3 is 2.29 bits per heavy atom. The van der Waals surface area contributed by atoms with Gasteiger partial charge < -0.3 is 5.32 Å². The van der Waals surface area contributed by atoms with Gasteiger partial charge in [0.15, 0.2) is 0 Å². The van der Waals surface area contributed by atoms with Crippen LogP contribution in [0.1, 0.15) is 46.2 Å². The summed E-state index contributed by atoms with van der Waals surface area (Å²) in [5.74, 6) is 0.632. The Labute approximate surface area is 111 Å². The van der Waals surface area contributed by atoms with Gasteiger partial charge in [-0.15, -0.1) is 0 Å². The molecule has 1 unspecified atom stereocenters. The van der Waals surface area contributed by atoms with E-state index in [0.717, 1.165) is 11.6 Å². The highest BCUT2D eigenvalue weighted by atomic mass is 35.5. The normalized spacial score (nSPS) is 15.6. The molecule has 1 N–H and O–H groups in total. The lowest BCUT2D eigenvalue weighted by Crippen LogP contribution is -2.31. The summed E-state index contributed by atoms with van der Waals surface area (Å²) in [7, 11) is 0. The molecule has 0 aliphatic heterocycles. The first kappa shape index (κ1) is 14.5. The molecule has 0 aromatic heterocycles. The molecule has 1 aromatic carbocycles. The molecule has 1 rings (SSSR count). The molecular weight excluding hydrogens is 230 g/mol. The van der Waals surface area contributed by atoms with E-state index in [2.05, 4.69) is 46.0 Å². The first-order chi connectivity index (χ1) is 7.82. The van der Waals surface area contributed by atoms with E-state index in [1.165, 1.54) is 5.56 Å². The van der Waals surface area contributed by atoms with Crippen LogP contribution in [0.25, 0.3) is 0 Å². The van der Waals surface area contributed by atoms with E-state index in [1.807, 2.05) is 18.2 Å². The van der Waals surface area contributed by atoms with Crippen molar-refractivity contribution in [2.24, 2.45) is 11.3 Å². The molecule has 1 nitrogen and oxygen atoms in total. The molecular formula is C15H24ClN. The number of hydrogen-bond donors (Lipinski definition) is 1. The molecule has 2 heteroatoms. The highest BCUT2D eigenvalue weighted by Crippen LogP contribution is 2.26. The molecule has 2 atom stereocenters. The Balaban J connectivity index is 2.57. The van der Waals surface area contributed by atoms with Gasteiger partial charge in [-0.1, -0.05) is 57.5 Å². The van der Waals surface area contributed by atoms with Gasteiger partial charge in [0.1, 0.15) is 0 Å². The van der Waals surface area contributed by atoms with Crippen molar-refractivity contribution in [3.8, 4) is 0 Å². The zero-order valence-electron chi connectivity index (χ0n) is 11.5. The molecule has 0 heterocycles. The van der Waals surface area contributed by atoms with Crippen molar-refractivity contribution in [3.05, 3.63) is 34.9 Å². The maximum Gasteiger partial charge on any atom is 0.0453 e. The summed E-state index contributed by atoms with van der Waals surface area (Å²) in [6.45, 7) is 12.3. The van der Waals surface area contributed by atoms with Crippen LogP contribution in [0.2, 0.25) is 5.02 Å². The van der Waals surface area contributed by atoms with Crippen LogP contribution in [0.4, 0.5) is 0 Å². The van der Waals surface area contributed by atoms with Gasteiger partial charge >= 0.3 is 0 Å². The number of rotatable bonds is 4.